The largest absolute Gasteiger partial charge is 0.297 e. The van der Waals surface area contributed by atoms with Gasteiger partial charge in [-0.2, -0.15) is 11.8 Å². The second-order valence-corrected chi connectivity index (χ2v) is 5.10. The molecular weight excluding hydrogens is 194 g/mol. The number of ketones is 1. The van der Waals surface area contributed by atoms with Gasteiger partial charge in [0.2, 0.25) is 0 Å². The molecule has 2 nitrogen and oxygen atoms in total. The third-order valence-corrected chi connectivity index (χ3v) is 4.44. The van der Waals surface area contributed by atoms with Crippen molar-refractivity contribution in [2.24, 2.45) is 11.8 Å². The van der Waals surface area contributed by atoms with Crippen molar-refractivity contribution >= 4 is 23.3 Å². The fraction of sp³-hybridized carbons (Fsp3) is 0.636. The molecule has 2 aliphatic rings. The van der Waals surface area contributed by atoms with E-state index in [9.17, 15) is 4.79 Å². The smallest absolute Gasteiger partial charge is 0.184 e. The quantitative estimate of drug-likeness (QED) is 0.720. The lowest BCUT2D eigenvalue weighted by Crippen LogP contribution is -2.39. The molecule has 3 heteroatoms. The van der Waals surface area contributed by atoms with E-state index in [2.05, 4.69) is 12.3 Å². The Morgan fingerprint density at radius 1 is 1.50 bits per heavy atom. The number of carbonyl (C=O) groups is 1. The summed E-state index contributed by atoms with van der Waals surface area (Å²) in [5, 5.41) is 8.08. The van der Waals surface area contributed by atoms with Crippen molar-refractivity contribution in [3.63, 3.8) is 0 Å². The Labute approximate surface area is 88.7 Å². The third kappa shape index (κ3) is 1.54. The van der Waals surface area contributed by atoms with Gasteiger partial charge < -0.3 is 0 Å². The van der Waals surface area contributed by atoms with E-state index in [0.717, 1.165) is 12.8 Å². The van der Waals surface area contributed by atoms with Gasteiger partial charge in [0.25, 0.3) is 0 Å². The molecule has 3 unspecified atom stereocenters. The normalized spacial score (nSPS) is 37.1. The van der Waals surface area contributed by atoms with E-state index in [-0.39, 0.29) is 17.4 Å². The summed E-state index contributed by atoms with van der Waals surface area (Å²) in [4.78, 5) is 11.7. The van der Waals surface area contributed by atoms with E-state index in [0.29, 0.717) is 11.2 Å². The lowest BCUT2D eigenvalue weighted by Gasteiger charge is -2.36. The van der Waals surface area contributed by atoms with E-state index in [1.54, 1.807) is 6.08 Å². The first kappa shape index (κ1) is 9.97. The van der Waals surface area contributed by atoms with Gasteiger partial charge in [0, 0.05) is 11.2 Å². The molecule has 0 radical (unpaired) electrons. The summed E-state index contributed by atoms with van der Waals surface area (Å²) in [5.74, 6) is 0.565. The topological polar surface area (TPSA) is 40.9 Å². The molecule has 1 fully saturated rings. The van der Waals surface area contributed by atoms with Gasteiger partial charge in [0.05, 0.1) is 5.71 Å². The molecule has 1 N–H and O–H groups in total. The molecule has 2 aliphatic carbocycles. The zero-order chi connectivity index (χ0) is 10.1. The van der Waals surface area contributed by atoms with Crippen LogP contribution in [0.1, 0.15) is 19.3 Å². The Hall–Kier alpha value is -0.570. The van der Waals surface area contributed by atoms with Crippen molar-refractivity contribution in [1.82, 2.24) is 0 Å². The van der Waals surface area contributed by atoms with Gasteiger partial charge in [-0.25, -0.2) is 0 Å². The first-order valence-electron chi connectivity index (χ1n) is 5.08. The van der Waals surface area contributed by atoms with Crippen LogP contribution in [0.5, 0.6) is 0 Å². The van der Waals surface area contributed by atoms with E-state index in [1.807, 2.05) is 11.8 Å². The lowest BCUT2D eigenvalue weighted by molar-refractivity contribution is -0.118. The van der Waals surface area contributed by atoms with Crippen molar-refractivity contribution in [2.75, 3.05) is 6.26 Å². The molecule has 0 aromatic carbocycles. The molecule has 3 atom stereocenters. The van der Waals surface area contributed by atoms with Crippen LogP contribution >= 0.6 is 11.8 Å². The first-order valence-corrected chi connectivity index (χ1v) is 6.36. The Bertz CT molecular complexity index is 298. The van der Waals surface area contributed by atoms with Crippen LogP contribution in [0.15, 0.2) is 12.2 Å². The number of nitrogens with one attached hydrogen (secondary N) is 1. The third-order valence-electron chi connectivity index (χ3n) is 3.29. The van der Waals surface area contributed by atoms with Gasteiger partial charge in [-0.15, -0.1) is 0 Å². The Morgan fingerprint density at radius 2 is 2.29 bits per heavy atom. The van der Waals surface area contributed by atoms with Crippen LogP contribution in [0.4, 0.5) is 0 Å². The minimum absolute atomic E-state index is 0.0660. The highest BCUT2D eigenvalue weighted by molar-refractivity contribution is 7.99. The number of carbonyl (C=O) groups excluding carboxylic acids is 1. The second-order valence-electron chi connectivity index (χ2n) is 4.03. The van der Waals surface area contributed by atoms with Crippen molar-refractivity contribution in [3.8, 4) is 0 Å². The summed E-state index contributed by atoms with van der Waals surface area (Å²) in [7, 11) is 0. The first-order chi connectivity index (χ1) is 6.74. The van der Waals surface area contributed by atoms with E-state index in [1.165, 1.54) is 6.42 Å². The maximum Gasteiger partial charge on any atom is 0.184 e. The van der Waals surface area contributed by atoms with E-state index in [4.69, 9.17) is 5.41 Å². The highest BCUT2D eigenvalue weighted by Crippen LogP contribution is 2.39. The lowest BCUT2D eigenvalue weighted by atomic mass is 9.72. The molecule has 0 saturated heterocycles. The summed E-state index contributed by atoms with van der Waals surface area (Å²) in [6.45, 7) is 0. The molecule has 0 aromatic heterocycles. The number of hydrogen-bond donors (Lipinski definition) is 1. The molecular formula is C11H15NOS. The molecule has 0 bridgehead atoms. The highest BCUT2D eigenvalue weighted by atomic mass is 32.2. The van der Waals surface area contributed by atoms with Crippen LogP contribution in [-0.4, -0.2) is 23.0 Å². The number of thioether (sulfide) groups is 1. The zero-order valence-electron chi connectivity index (χ0n) is 8.32. The fourth-order valence-corrected chi connectivity index (χ4v) is 3.51. The SMILES string of the molecule is CSC1CCCC2C(=O)C(=N)C=CC12. The zero-order valence-corrected chi connectivity index (χ0v) is 9.14. The van der Waals surface area contributed by atoms with Gasteiger partial charge >= 0.3 is 0 Å². The van der Waals surface area contributed by atoms with Gasteiger partial charge in [0.15, 0.2) is 5.78 Å². The van der Waals surface area contributed by atoms with Crippen LogP contribution in [0, 0.1) is 17.2 Å². The Morgan fingerprint density at radius 3 is 3.00 bits per heavy atom. The van der Waals surface area contributed by atoms with E-state index < -0.39 is 0 Å². The summed E-state index contributed by atoms with van der Waals surface area (Å²) in [6.07, 6.45) is 9.22. The molecule has 0 amide bonds. The highest BCUT2D eigenvalue weighted by Gasteiger charge is 2.38. The van der Waals surface area contributed by atoms with Crippen LogP contribution in [0.3, 0.4) is 0 Å². The van der Waals surface area contributed by atoms with E-state index >= 15 is 0 Å². The monoisotopic (exact) mass is 209 g/mol. The summed E-state index contributed by atoms with van der Waals surface area (Å²) >= 11 is 1.86. The number of Topliss-reactive ketones (excluding diaryl/α,β-unsaturated/α-hetero) is 1. The molecule has 0 heterocycles. The van der Waals surface area contributed by atoms with Crippen LogP contribution in [0.25, 0.3) is 0 Å². The number of fused-ring (bicyclic) bond motifs is 1. The van der Waals surface area contributed by atoms with Gasteiger partial charge in [0.1, 0.15) is 0 Å². The average Bonchev–Trinajstić information content (AvgIpc) is 2.23. The molecule has 14 heavy (non-hydrogen) atoms. The molecule has 2 rings (SSSR count). The minimum atomic E-state index is 0.0660. The molecule has 0 aromatic rings. The average molecular weight is 209 g/mol. The Kier molecular flexibility index (Phi) is 2.77. The fourth-order valence-electron chi connectivity index (χ4n) is 2.51. The molecule has 1 saturated carbocycles. The van der Waals surface area contributed by atoms with Crippen molar-refractivity contribution < 1.29 is 4.79 Å². The van der Waals surface area contributed by atoms with Gasteiger partial charge in [-0.1, -0.05) is 12.5 Å². The maximum atomic E-state index is 11.7. The van der Waals surface area contributed by atoms with Crippen molar-refractivity contribution in [2.45, 2.75) is 24.5 Å². The summed E-state index contributed by atoms with van der Waals surface area (Å²) in [6, 6.07) is 0. The number of rotatable bonds is 1. The van der Waals surface area contributed by atoms with Crippen LogP contribution in [0.2, 0.25) is 0 Å². The predicted molar refractivity (Wildman–Crippen MR) is 60.0 cm³/mol. The van der Waals surface area contributed by atoms with Crippen LogP contribution in [-0.2, 0) is 4.79 Å². The Balaban J connectivity index is 2.25. The molecule has 0 aliphatic heterocycles. The van der Waals surface area contributed by atoms with Gasteiger partial charge in [-0.05, 0) is 31.1 Å². The summed E-state index contributed by atoms with van der Waals surface area (Å²) < 4.78 is 0. The second kappa shape index (κ2) is 3.89. The maximum absolute atomic E-state index is 11.7. The van der Waals surface area contributed by atoms with Gasteiger partial charge in [-0.3, -0.25) is 10.2 Å². The molecule has 0 spiro atoms. The summed E-state index contributed by atoms with van der Waals surface area (Å²) in [5.41, 5.74) is 0.202. The number of hydrogen-bond acceptors (Lipinski definition) is 3. The minimum Gasteiger partial charge on any atom is -0.297 e. The van der Waals surface area contributed by atoms with Crippen LogP contribution < -0.4 is 0 Å². The molecule has 76 valence electrons. The number of allylic oxidation sites excluding steroid dienone is 2. The van der Waals surface area contributed by atoms with Crippen molar-refractivity contribution in [1.29, 1.82) is 5.41 Å². The predicted octanol–water partition coefficient (Wildman–Crippen LogP) is 2.29. The standard InChI is InChI=1S/C11H15NOS/c1-14-10-4-2-3-8-7(10)5-6-9(12)11(8)13/h5-8,10,12H,2-4H2,1H3. The van der Waals surface area contributed by atoms with Crippen molar-refractivity contribution in [3.05, 3.63) is 12.2 Å².